The first kappa shape index (κ1) is 24.6. The fourth-order valence-electron chi connectivity index (χ4n) is 3.59. The maximum atomic E-state index is 12.8. The van der Waals surface area contributed by atoms with Crippen molar-refractivity contribution in [1.29, 1.82) is 0 Å². The number of H-pyrrole nitrogens is 1. The monoisotopic (exact) mass is 520 g/mol. The second-order valence-corrected chi connectivity index (χ2v) is 9.69. The molecule has 7 N–H and O–H groups in total. The van der Waals surface area contributed by atoms with Crippen molar-refractivity contribution < 1.29 is 34.5 Å². The number of phenols is 1. The molecule has 2 amide bonds. The van der Waals surface area contributed by atoms with Crippen molar-refractivity contribution in [3.63, 3.8) is 0 Å². The number of rotatable bonds is 9. The lowest BCUT2D eigenvalue weighted by atomic mass is 10.0. The van der Waals surface area contributed by atoms with E-state index in [4.69, 9.17) is 10.8 Å². The second-order valence-electron chi connectivity index (χ2n) is 7.65. The molecule has 0 bridgehead atoms. The molecule has 0 spiro atoms. The van der Waals surface area contributed by atoms with Gasteiger partial charge in [-0.25, -0.2) is 9.78 Å². The van der Waals surface area contributed by atoms with Crippen LogP contribution in [0.5, 0.6) is 5.75 Å². The van der Waals surface area contributed by atoms with Crippen molar-refractivity contribution in [3.8, 4) is 5.75 Å². The number of fused-ring (bicyclic) bond motifs is 1. The number of carboxylic acid groups (broad SMARTS) is 2. The van der Waals surface area contributed by atoms with Gasteiger partial charge in [-0.15, -0.1) is 16.9 Å². The molecule has 1 saturated heterocycles. The molecule has 13 nitrogen and oxygen atoms in total. The SMILES string of the molecule is NC(C(=O)NC1C(=O)N2C(C(=O)O)=C(CSc3n[nH]c(CC(=O)O)n3)CS[C@H]12)c1ccc(O)cc1. The highest BCUT2D eigenvalue weighted by molar-refractivity contribution is 8.01. The number of carbonyl (C=O) groups excluding carboxylic acids is 2. The minimum Gasteiger partial charge on any atom is -0.508 e. The molecule has 4 rings (SSSR count). The number of aromatic hydroxyl groups is 1. The van der Waals surface area contributed by atoms with Crippen LogP contribution in [0.15, 0.2) is 40.7 Å². The predicted octanol–water partition coefficient (Wildman–Crippen LogP) is -0.332. The van der Waals surface area contributed by atoms with E-state index in [1.807, 2.05) is 0 Å². The third-order valence-electron chi connectivity index (χ3n) is 5.29. The summed E-state index contributed by atoms with van der Waals surface area (Å²) in [6.45, 7) is 0. The minimum atomic E-state index is -1.27. The van der Waals surface area contributed by atoms with Crippen LogP contribution in [0, 0.1) is 0 Å². The number of phenolic OH excluding ortho intramolecular Hbond substituents is 1. The van der Waals surface area contributed by atoms with Crippen molar-refractivity contribution in [2.24, 2.45) is 5.73 Å². The van der Waals surface area contributed by atoms with Gasteiger partial charge in [0.2, 0.25) is 11.1 Å². The molecule has 184 valence electrons. The van der Waals surface area contributed by atoms with Gasteiger partial charge in [0.15, 0.2) is 0 Å². The summed E-state index contributed by atoms with van der Waals surface area (Å²) >= 11 is 2.43. The molecule has 2 aromatic rings. The third kappa shape index (κ3) is 5.11. The van der Waals surface area contributed by atoms with Gasteiger partial charge in [0, 0.05) is 11.5 Å². The van der Waals surface area contributed by atoms with E-state index in [2.05, 4.69) is 20.5 Å². The largest absolute Gasteiger partial charge is 0.508 e. The number of aliphatic carboxylic acids is 2. The Bertz CT molecular complexity index is 1210. The normalized spacial score (nSPS) is 20.1. The summed E-state index contributed by atoms with van der Waals surface area (Å²) in [5, 5.41) is 36.7. The Morgan fingerprint density at radius 2 is 2.00 bits per heavy atom. The summed E-state index contributed by atoms with van der Waals surface area (Å²) < 4.78 is 0. The van der Waals surface area contributed by atoms with Crippen LogP contribution in [0.1, 0.15) is 17.4 Å². The molecule has 15 heteroatoms. The lowest BCUT2D eigenvalue weighted by Gasteiger charge is -2.49. The maximum absolute atomic E-state index is 12.8. The van der Waals surface area contributed by atoms with Crippen LogP contribution in [-0.4, -0.2) is 82.1 Å². The molecule has 2 aliphatic rings. The smallest absolute Gasteiger partial charge is 0.352 e. The van der Waals surface area contributed by atoms with Gasteiger partial charge in [-0.2, -0.15) is 0 Å². The Hall–Kier alpha value is -3.56. The number of aromatic nitrogens is 3. The van der Waals surface area contributed by atoms with E-state index in [0.717, 1.165) is 16.7 Å². The van der Waals surface area contributed by atoms with E-state index in [1.165, 1.54) is 36.0 Å². The van der Waals surface area contributed by atoms with Gasteiger partial charge in [-0.1, -0.05) is 23.9 Å². The predicted molar refractivity (Wildman–Crippen MR) is 123 cm³/mol. The van der Waals surface area contributed by atoms with Crippen LogP contribution in [0.3, 0.4) is 0 Å². The zero-order chi connectivity index (χ0) is 25.3. The van der Waals surface area contributed by atoms with E-state index in [0.29, 0.717) is 16.9 Å². The molecule has 2 unspecified atom stereocenters. The molecule has 3 heterocycles. The van der Waals surface area contributed by atoms with E-state index in [-0.39, 0.29) is 34.6 Å². The maximum Gasteiger partial charge on any atom is 0.352 e. The Labute approximate surface area is 206 Å². The number of β-lactam (4-membered cyclic amide) rings is 1. The number of nitrogens with two attached hydrogens (primary N) is 1. The summed E-state index contributed by atoms with van der Waals surface area (Å²) in [7, 11) is 0. The van der Waals surface area contributed by atoms with Crippen LogP contribution in [-0.2, 0) is 25.6 Å². The Morgan fingerprint density at radius 3 is 2.66 bits per heavy atom. The highest BCUT2D eigenvalue weighted by Gasteiger charge is 2.54. The van der Waals surface area contributed by atoms with Crippen LogP contribution >= 0.6 is 23.5 Å². The quantitative estimate of drug-likeness (QED) is 0.185. The molecule has 1 aromatic carbocycles. The zero-order valence-corrected chi connectivity index (χ0v) is 19.5. The molecule has 1 aromatic heterocycles. The number of hydrogen-bond donors (Lipinski definition) is 6. The van der Waals surface area contributed by atoms with E-state index in [1.54, 1.807) is 0 Å². The number of thioether (sulfide) groups is 2. The first-order valence-corrected chi connectivity index (χ1v) is 12.2. The first-order valence-electron chi connectivity index (χ1n) is 10.2. The molecule has 0 saturated carbocycles. The fraction of sp³-hybridized carbons (Fsp3) is 0.300. The Balaban J connectivity index is 1.42. The average Bonchev–Trinajstić information content (AvgIpc) is 3.26. The average molecular weight is 521 g/mol. The molecule has 35 heavy (non-hydrogen) atoms. The number of hydrogen-bond acceptors (Lipinski definition) is 10. The van der Waals surface area contributed by atoms with Crippen LogP contribution in [0.4, 0.5) is 0 Å². The zero-order valence-electron chi connectivity index (χ0n) is 17.9. The Kier molecular flexibility index (Phi) is 7.00. The molecule has 0 aliphatic carbocycles. The second kappa shape index (κ2) is 9.97. The third-order valence-corrected chi connectivity index (χ3v) is 7.56. The number of nitrogens with one attached hydrogen (secondary N) is 2. The van der Waals surface area contributed by atoms with E-state index in [9.17, 15) is 29.4 Å². The van der Waals surface area contributed by atoms with Crippen LogP contribution < -0.4 is 11.1 Å². The highest BCUT2D eigenvalue weighted by Crippen LogP contribution is 2.41. The standard InChI is InChI=1S/C20H20N6O7S2/c21-13(8-1-3-10(27)4-2-8)16(30)23-14-17(31)26-15(19(32)33)9(6-34-18(14)26)7-35-20-22-11(24-25-20)5-12(28)29/h1-4,13-14,18,27H,5-7,21H2,(H,23,30)(H,28,29)(H,32,33)(H,22,24,25)/t13?,14?,18-/m1/s1. The molecule has 1 fully saturated rings. The van der Waals surface area contributed by atoms with Gasteiger partial charge in [0.1, 0.15) is 41.1 Å². The van der Waals surface area contributed by atoms with Crippen molar-refractivity contribution in [2.45, 2.75) is 29.0 Å². The van der Waals surface area contributed by atoms with Crippen molar-refractivity contribution in [3.05, 3.63) is 46.9 Å². The topological polar surface area (TPSA) is 212 Å². The van der Waals surface area contributed by atoms with E-state index < -0.39 is 41.2 Å². The minimum absolute atomic E-state index is 0.0236. The number of carboxylic acids is 2. The number of amides is 2. The molecule has 2 aliphatic heterocycles. The van der Waals surface area contributed by atoms with Crippen LogP contribution in [0.2, 0.25) is 0 Å². The molecule has 3 atom stereocenters. The fourth-order valence-corrected chi connectivity index (χ4v) is 5.89. The van der Waals surface area contributed by atoms with Gasteiger partial charge in [-0.05, 0) is 23.3 Å². The van der Waals surface area contributed by atoms with Crippen molar-refractivity contribution in [1.82, 2.24) is 25.4 Å². The molecular weight excluding hydrogens is 500 g/mol. The van der Waals surface area contributed by atoms with Crippen molar-refractivity contribution in [2.75, 3.05) is 11.5 Å². The summed E-state index contributed by atoms with van der Waals surface area (Å²) in [5.41, 5.74) is 6.75. The van der Waals surface area contributed by atoms with Gasteiger partial charge in [0.05, 0.1) is 0 Å². The molecular formula is C20H20N6O7S2. The van der Waals surface area contributed by atoms with Crippen LogP contribution in [0.25, 0.3) is 0 Å². The highest BCUT2D eigenvalue weighted by atomic mass is 32.2. The Morgan fingerprint density at radius 1 is 1.29 bits per heavy atom. The summed E-state index contributed by atoms with van der Waals surface area (Å²) in [6, 6.07) is 3.79. The first-order chi connectivity index (χ1) is 16.7. The lowest BCUT2D eigenvalue weighted by Crippen LogP contribution is -2.71. The number of nitrogens with zero attached hydrogens (tertiary/aromatic N) is 3. The number of carbonyl (C=O) groups is 4. The van der Waals surface area contributed by atoms with Gasteiger partial charge in [-0.3, -0.25) is 24.4 Å². The van der Waals surface area contributed by atoms with Gasteiger partial charge in [0.25, 0.3) is 5.91 Å². The number of benzene rings is 1. The van der Waals surface area contributed by atoms with E-state index >= 15 is 0 Å². The summed E-state index contributed by atoms with van der Waals surface area (Å²) in [5.74, 6) is -2.82. The lowest BCUT2D eigenvalue weighted by molar-refractivity contribution is -0.150. The summed E-state index contributed by atoms with van der Waals surface area (Å²) in [6.07, 6.45) is -0.319. The van der Waals surface area contributed by atoms with Gasteiger partial charge >= 0.3 is 11.9 Å². The molecule has 0 radical (unpaired) electrons. The van der Waals surface area contributed by atoms with Gasteiger partial charge < -0.3 is 26.4 Å². The summed E-state index contributed by atoms with van der Waals surface area (Å²) in [4.78, 5) is 53.4. The number of aromatic amines is 1. The van der Waals surface area contributed by atoms with Crippen molar-refractivity contribution >= 4 is 47.3 Å².